The van der Waals surface area contributed by atoms with Crippen molar-refractivity contribution in [2.45, 2.75) is 6.42 Å². The van der Waals surface area contributed by atoms with Crippen LogP contribution in [0.4, 0.5) is 5.69 Å². The number of carbonyl (C=O) groups is 1. The van der Waals surface area contributed by atoms with Crippen molar-refractivity contribution in [2.75, 3.05) is 30.0 Å². The number of anilines is 1. The summed E-state index contributed by atoms with van der Waals surface area (Å²) in [5.41, 5.74) is 1.92. The van der Waals surface area contributed by atoms with E-state index < -0.39 is 21.7 Å². The molecule has 0 aromatic heterocycles. The van der Waals surface area contributed by atoms with E-state index in [-0.39, 0.29) is 5.75 Å². The molecular weight excluding hydrogens is 266 g/mol. The van der Waals surface area contributed by atoms with Gasteiger partial charge in [-0.15, -0.1) is 0 Å². The second kappa shape index (κ2) is 5.21. The van der Waals surface area contributed by atoms with E-state index in [2.05, 4.69) is 0 Å². The Labute approximate surface area is 112 Å². The zero-order valence-corrected chi connectivity index (χ0v) is 11.6. The average molecular weight is 283 g/mol. The van der Waals surface area contributed by atoms with Gasteiger partial charge in [-0.3, -0.25) is 4.79 Å². The lowest BCUT2D eigenvalue weighted by molar-refractivity contribution is -0.141. The number of carboxylic acids is 1. The lowest BCUT2D eigenvalue weighted by Crippen LogP contribution is -2.41. The summed E-state index contributed by atoms with van der Waals surface area (Å²) in [6, 6.07) is 7.57. The predicted octanol–water partition coefficient (Wildman–Crippen LogP) is 0.795. The van der Waals surface area contributed by atoms with Gasteiger partial charge in [-0.05, 0) is 18.1 Å². The number of sulfone groups is 1. The summed E-state index contributed by atoms with van der Waals surface area (Å²) in [6.45, 7) is 0.696. The first-order valence-corrected chi connectivity index (χ1v) is 8.16. The third-order valence-electron chi connectivity index (χ3n) is 3.32. The molecular formula is C13H17NO4S. The number of carboxylic acid groups (broad SMARTS) is 1. The van der Waals surface area contributed by atoms with E-state index in [1.807, 2.05) is 29.2 Å². The molecule has 1 aromatic carbocycles. The van der Waals surface area contributed by atoms with Crippen LogP contribution in [0, 0.1) is 5.92 Å². The largest absolute Gasteiger partial charge is 0.481 e. The Bertz CT molecular complexity index is 582. The van der Waals surface area contributed by atoms with Crippen molar-refractivity contribution in [3.8, 4) is 0 Å². The molecule has 19 heavy (non-hydrogen) atoms. The molecule has 1 aromatic rings. The third-order valence-corrected chi connectivity index (χ3v) is 4.24. The number of hydrogen-bond acceptors (Lipinski definition) is 4. The van der Waals surface area contributed by atoms with Gasteiger partial charge < -0.3 is 10.0 Å². The molecule has 1 aliphatic rings. The van der Waals surface area contributed by atoms with Crippen molar-refractivity contribution < 1.29 is 18.3 Å². The first-order valence-electron chi connectivity index (χ1n) is 6.10. The number of fused-ring (bicyclic) bond motifs is 1. The Morgan fingerprint density at radius 2 is 2.11 bits per heavy atom. The molecule has 1 N–H and O–H groups in total. The molecule has 6 heteroatoms. The highest BCUT2D eigenvalue weighted by atomic mass is 32.2. The van der Waals surface area contributed by atoms with Crippen molar-refractivity contribution in [1.82, 2.24) is 0 Å². The molecule has 1 aliphatic heterocycles. The maximum atomic E-state index is 11.3. The number of aliphatic carboxylic acids is 1. The quantitative estimate of drug-likeness (QED) is 0.884. The summed E-state index contributed by atoms with van der Waals surface area (Å²) in [4.78, 5) is 13.0. The minimum Gasteiger partial charge on any atom is -0.481 e. The lowest BCUT2D eigenvalue weighted by atomic mass is 9.92. The molecule has 5 nitrogen and oxygen atoms in total. The lowest BCUT2D eigenvalue weighted by Gasteiger charge is -2.34. The SMILES string of the molecule is CS(=O)(=O)CCN1CC(C(=O)O)Cc2ccccc21. The van der Waals surface area contributed by atoms with Crippen LogP contribution in [0.3, 0.4) is 0 Å². The van der Waals surface area contributed by atoms with Gasteiger partial charge in [0.15, 0.2) is 0 Å². The van der Waals surface area contributed by atoms with Gasteiger partial charge in [-0.1, -0.05) is 18.2 Å². The van der Waals surface area contributed by atoms with Crippen LogP contribution in [0.5, 0.6) is 0 Å². The van der Waals surface area contributed by atoms with Gasteiger partial charge in [-0.2, -0.15) is 0 Å². The van der Waals surface area contributed by atoms with E-state index in [9.17, 15) is 13.2 Å². The van der Waals surface area contributed by atoms with E-state index >= 15 is 0 Å². The maximum absolute atomic E-state index is 11.3. The minimum atomic E-state index is -3.05. The van der Waals surface area contributed by atoms with Crippen molar-refractivity contribution in [1.29, 1.82) is 0 Å². The third kappa shape index (κ3) is 3.47. The summed E-state index contributed by atoms with van der Waals surface area (Å²) >= 11 is 0. The molecule has 0 amide bonds. The first kappa shape index (κ1) is 13.9. The topological polar surface area (TPSA) is 74.7 Å². The Balaban J connectivity index is 2.24. The van der Waals surface area contributed by atoms with Crippen LogP contribution in [0.1, 0.15) is 5.56 Å². The number of nitrogens with zero attached hydrogens (tertiary/aromatic N) is 1. The van der Waals surface area contributed by atoms with Crippen LogP contribution in [-0.4, -0.2) is 44.6 Å². The van der Waals surface area contributed by atoms with Crippen molar-refractivity contribution in [2.24, 2.45) is 5.92 Å². The monoisotopic (exact) mass is 283 g/mol. The molecule has 0 saturated carbocycles. The van der Waals surface area contributed by atoms with Crippen LogP contribution in [0.15, 0.2) is 24.3 Å². The molecule has 1 heterocycles. The molecule has 1 atom stereocenters. The fourth-order valence-electron chi connectivity index (χ4n) is 2.34. The number of para-hydroxylation sites is 1. The predicted molar refractivity (Wildman–Crippen MR) is 73.2 cm³/mol. The van der Waals surface area contributed by atoms with Crippen molar-refractivity contribution >= 4 is 21.5 Å². The van der Waals surface area contributed by atoms with Gasteiger partial charge >= 0.3 is 5.97 Å². The average Bonchev–Trinajstić information content (AvgIpc) is 2.34. The standard InChI is InChI=1S/C13H17NO4S/c1-19(17,18)7-6-14-9-11(13(15)16)8-10-4-2-3-5-12(10)14/h2-5,11H,6-9H2,1H3,(H,15,16). The summed E-state index contributed by atoms with van der Waals surface area (Å²) in [7, 11) is -3.05. The van der Waals surface area contributed by atoms with Crippen molar-refractivity contribution in [3.63, 3.8) is 0 Å². The van der Waals surface area contributed by atoms with E-state index in [1.165, 1.54) is 6.26 Å². The van der Waals surface area contributed by atoms with E-state index in [1.54, 1.807) is 0 Å². The summed E-state index contributed by atoms with van der Waals surface area (Å²) in [5, 5.41) is 9.16. The van der Waals surface area contributed by atoms with Gasteiger partial charge in [0.2, 0.25) is 0 Å². The number of rotatable bonds is 4. The van der Waals surface area contributed by atoms with Gasteiger partial charge in [0.05, 0.1) is 11.7 Å². The van der Waals surface area contributed by atoms with Gasteiger partial charge in [0, 0.05) is 25.0 Å². The van der Waals surface area contributed by atoms with E-state index in [0.29, 0.717) is 19.5 Å². The highest BCUT2D eigenvalue weighted by Crippen LogP contribution is 2.29. The highest BCUT2D eigenvalue weighted by Gasteiger charge is 2.28. The molecule has 0 fully saturated rings. The Hall–Kier alpha value is -1.56. The second-order valence-electron chi connectivity index (χ2n) is 4.94. The van der Waals surface area contributed by atoms with E-state index in [0.717, 1.165) is 11.3 Å². The second-order valence-corrected chi connectivity index (χ2v) is 7.20. The first-order chi connectivity index (χ1) is 8.87. The zero-order valence-electron chi connectivity index (χ0n) is 10.7. The summed E-state index contributed by atoms with van der Waals surface area (Å²) in [6.07, 6.45) is 1.69. The highest BCUT2D eigenvalue weighted by molar-refractivity contribution is 7.90. The maximum Gasteiger partial charge on any atom is 0.308 e. The molecule has 0 radical (unpaired) electrons. The molecule has 0 aliphatic carbocycles. The Morgan fingerprint density at radius 3 is 2.74 bits per heavy atom. The van der Waals surface area contributed by atoms with Crippen LogP contribution < -0.4 is 4.90 Å². The molecule has 0 spiro atoms. The van der Waals surface area contributed by atoms with Gasteiger partial charge in [0.25, 0.3) is 0 Å². The van der Waals surface area contributed by atoms with Crippen LogP contribution in [-0.2, 0) is 21.1 Å². The van der Waals surface area contributed by atoms with Gasteiger partial charge in [-0.25, -0.2) is 8.42 Å². The fourth-order valence-corrected chi connectivity index (χ4v) is 2.89. The Morgan fingerprint density at radius 1 is 1.42 bits per heavy atom. The Kier molecular flexibility index (Phi) is 3.80. The zero-order chi connectivity index (χ0) is 14.0. The van der Waals surface area contributed by atoms with Crippen LogP contribution in [0.25, 0.3) is 0 Å². The van der Waals surface area contributed by atoms with Crippen molar-refractivity contribution in [3.05, 3.63) is 29.8 Å². The van der Waals surface area contributed by atoms with E-state index in [4.69, 9.17) is 5.11 Å². The minimum absolute atomic E-state index is 0.0354. The number of benzene rings is 1. The van der Waals surface area contributed by atoms with Gasteiger partial charge in [0.1, 0.15) is 9.84 Å². The summed E-state index contributed by atoms with van der Waals surface area (Å²) < 4.78 is 22.5. The fraction of sp³-hybridized carbons (Fsp3) is 0.462. The summed E-state index contributed by atoms with van der Waals surface area (Å²) in [5.74, 6) is -1.28. The smallest absolute Gasteiger partial charge is 0.308 e. The molecule has 104 valence electrons. The number of hydrogen-bond donors (Lipinski definition) is 1. The molecule has 0 bridgehead atoms. The molecule has 2 rings (SSSR count). The van der Waals surface area contributed by atoms with Crippen LogP contribution >= 0.6 is 0 Å². The molecule has 1 unspecified atom stereocenters. The van der Waals surface area contributed by atoms with Crippen LogP contribution in [0.2, 0.25) is 0 Å². The molecule has 0 saturated heterocycles. The normalized spacial score (nSPS) is 19.0.